The molecule has 6 heteroatoms. The van der Waals surface area contributed by atoms with Crippen molar-refractivity contribution in [3.63, 3.8) is 0 Å². The summed E-state index contributed by atoms with van der Waals surface area (Å²) >= 11 is 0. The lowest BCUT2D eigenvalue weighted by Gasteiger charge is -2.18. The molecule has 0 saturated carbocycles. The molecule has 0 heterocycles. The van der Waals surface area contributed by atoms with Crippen LogP contribution in [0.4, 0.5) is 0 Å². The molecule has 0 aliphatic carbocycles. The standard InChI is InChI=1S/C58H102O6/c1-4-7-10-13-16-19-22-24-26-28-30-32-34-36-39-42-45-48-51-57(60)63-54-55(53-62-56(59)50-47-44-41-38-21-18-15-12-9-6-3)64-58(61)52-49-46-43-40-37-35-33-31-29-27-25-23-20-17-14-11-8-5-2/h15,18,26-33,55H,4-14,16-17,19-25,34-54H2,1-3H3/b18-15-,28-26-,29-27-,32-30-,33-31-. The van der Waals surface area contributed by atoms with Crippen molar-refractivity contribution in [3.8, 4) is 0 Å². The normalized spacial score (nSPS) is 12.5. The van der Waals surface area contributed by atoms with E-state index in [0.717, 1.165) is 116 Å². The number of esters is 3. The van der Waals surface area contributed by atoms with Crippen LogP contribution in [0.2, 0.25) is 0 Å². The Bertz CT molecular complexity index is 1170. The van der Waals surface area contributed by atoms with E-state index >= 15 is 0 Å². The molecule has 0 fully saturated rings. The van der Waals surface area contributed by atoms with Crippen LogP contribution < -0.4 is 0 Å². The van der Waals surface area contributed by atoms with Crippen molar-refractivity contribution < 1.29 is 28.6 Å². The van der Waals surface area contributed by atoms with E-state index in [9.17, 15) is 14.4 Å². The molecule has 0 radical (unpaired) electrons. The van der Waals surface area contributed by atoms with E-state index in [1.54, 1.807) is 0 Å². The molecule has 64 heavy (non-hydrogen) atoms. The minimum atomic E-state index is -0.792. The Balaban J connectivity index is 4.39. The van der Waals surface area contributed by atoms with E-state index in [4.69, 9.17) is 14.2 Å². The summed E-state index contributed by atoms with van der Waals surface area (Å²) in [5, 5.41) is 0. The highest BCUT2D eigenvalue weighted by Crippen LogP contribution is 2.14. The van der Waals surface area contributed by atoms with Crippen molar-refractivity contribution in [1.29, 1.82) is 0 Å². The molecule has 0 aromatic rings. The van der Waals surface area contributed by atoms with Gasteiger partial charge in [-0.05, 0) is 89.9 Å². The summed E-state index contributed by atoms with van der Waals surface area (Å²) < 4.78 is 16.8. The highest BCUT2D eigenvalue weighted by molar-refractivity contribution is 5.71. The first-order valence-corrected chi connectivity index (χ1v) is 27.3. The molecule has 0 spiro atoms. The Kier molecular flexibility index (Phi) is 50.4. The van der Waals surface area contributed by atoms with E-state index in [-0.39, 0.29) is 31.1 Å². The van der Waals surface area contributed by atoms with E-state index < -0.39 is 6.10 Å². The fourth-order valence-corrected chi connectivity index (χ4v) is 7.58. The van der Waals surface area contributed by atoms with Gasteiger partial charge in [0.2, 0.25) is 0 Å². The van der Waals surface area contributed by atoms with Crippen LogP contribution in [0.1, 0.15) is 271 Å². The Hall–Kier alpha value is -2.89. The van der Waals surface area contributed by atoms with Gasteiger partial charge in [0.05, 0.1) is 0 Å². The molecule has 1 unspecified atom stereocenters. The number of carbonyl (C=O) groups is 3. The smallest absolute Gasteiger partial charge is 0.306 e. The third-order valence-corrected chi connectivity index (χ3v) is 11.8. The molecule has 0 aromatic carbocycles. The van der Waals surface area contributed by atoms with Crippen LogP contribution >= 0.6 is 0 Å². The fourth-order valence-electron chi connectivity index (χ4n) is 7.58. The molecule has 0 rings (SSSR count). The van der Waals surface area contributed by atoms with E-state index in [0.29, 0.717) is 19.3 Å². The lowest BCUT2D eigenvalue weighted by atomic mass is 10.1. The number of rotatable bonds is 49. The molecular weight excluding hydrogens is 793 g/mol. The van der Waals surface area contributed by atoms with Crippen LogP contribution in [0.25, 0.3) is 0 Å². The molecule has 0 bridgehead atoms. The van der Waals surface area contributed by atoms with Gasteiger partial charge in [-0.1, -0.05) is 223 Å². The summed E-state index contributed by atoms with van der Waals surface area (Å²) in [6.45, 7) is 6.56. The summed E-state index contributed by atoms with van der Waals surface area (Å²) in [6, 6.07) is 0. The average molecular weight is 895 g/mol. The first kappa shape index (κ1) is 61.1. The summed E-state index contributed by atoms with van der Waals surface area (Å²) in [4.78, 5) is 38.0. The van der Waals surface area contributed by atoms with Gasteiger partial charge < -0.3 is 14.2 Å². The van der Waals surface area contributed by atoms with Gasteiger partial charge in [-0.25, -0.2) is 0 Å². The molecule has 0 aromatic heterocycles. The van der Waals surface area contributed by atoms with Crippen LogP contribution in [0.3, 0.4) is 0 Å². The maximum absolute atomic E-state index is 12.8. The molecule has 370 valence electrons. The first-order valence-electron chi connectivity index (χ1n) is 27.3. The number of hydrogen-bond acceptors (Lipinski definition) is 6. The summed E-state index contributed by atoms with van der Waals surface area (Å²) in [7, 11) is 0. The quantitative estimate of drug-likeness (QED) is 0.0199. The van der Waals surface area contributed by atoms with Gasteiger partial charge in [0, 0.05) is 19.3 Å². The predicted molar refractivity (Wildman–Crippen MR) is 275 cm³/mol. The zero-order chi connectivity index (χ0) is 46.5. The minimum absolute atomic E-state index is 0.0916. The van der Waals surface area contributed by atoms with Gasteiger partial charge >= 0.3 is 17.9 Å². The highest BCUT2D eigenvalue weighted by atomic mass is 16.6. The van der Waals surface area contributed by atoms with Crippen LogP contribution in [0.15, 0.2) is 60.8 Å². The van der Waals surface area contributed by atoms with Crippen LogP contribution in [0, 0.1) is 0 Å². The third-order valence-electron chi connectivity index (χ3n) is 11.8. The van der Waals surface area contributed by atoms with Crippen LogP contribution in [-0.2, 0) is 28.6 Å². The topological polar surface area (TPSA) is 78.9 Å². The fraction of sp³-hybridized carbons (Fsp3) is 0.776. The van der Waals surface area contributed by atoms with E-state index in [2.05, 4.69) is 81.5 Å². The molecule has 0 saturated heterocycles. The molecular formula is C58H102O6. The van der Waals surface area contributed by atoms with Gasteiger partial charge in [0.15, 0.2) is 6.10 Å². The second-order valence-corrected chi connectivity index (χ2v) is 18.2. The van der Waals surface area contributed by atoms with E-state index in [1.807, 2.05) is 0 Å². The van der Waals surface area contributed by atoms with Gasteiger partial charge in [0.25, 0.3) is 0 Å². The Morgan fingerprint density at radius 3 is 0.922 bits per heavy atom. The Labute approximate surface area is 396 Å². The molecule has 0 amide bonds. The number of ether oxygens (including phenoxy) is 3. The molecule has 0 aliphatic heterocycles. The van der Waals surface area contributed by atoms with Crippen molar-refractivity contribution in [2.24, 2.45) is 0 Å². The number of carbonyl (C=O) groups excluding carboxylic acids is 3. The van der Waals surface area contributed by atoms with Crippen molar-refractivity contribution >= 4 is 17.9 Å². The van der Waals surface area contributed by atoms with Gasteiger partial charge in [0.1, 0.15) is 13.2 Å². The highest BCUT2D eigenvalue weighted by Gasteiger charge is 2.19. The Morgan fingerprint density at radius 2 is 0.578 bits per heavy atom. The number of allylic oxidation sites excluding steroid dienone is 10. The molecule has 1 atom stereocenters. The SMILES string of the molecule is CCCC/C=C\CCCCCCC(=O)OCC(COC(=O)CCCCCCC/C=C\C=C/CCCCCCCCC)OC(=O)CCCCCCC/C=C\C=C/CCCCCCCCC. The largest absolute Gasteiger partial charge is 0.462 e. The van der Waals surface area contributed by atoms with Crippen molar-refractivity contribution in [3.05, 3.63) is 60.8 Å². The maximum Gasteiger partial charge on any atom is 0.306 e. The van der Waals surface area contributed by atoms with Crippen molar-refractivity contribution in [1.82, 2.24) is 0 Å². The monoisotopic (exact) mass is 895 g/mol. The molecule has 0 aliphatic rings. The lowest BCUT2D eigenvalue weighted by molar-refractivity contribution is -0.167. The lowest BCUT2D eigenvalue weighted by Crippen LogP contribution is -2.30. The number of unbranched alkanes of at least 4 members (excludes halogenated alkanes) is 30. The molecule has 0 N–H and O–H groups in total. The second kappa shape index (κ2) is 52.7. The summed E-state index contributed by atoms with van der Waals surface area (Å²) in [5.74, 6) is -0.929. The van der Waals surface area contributed by atoms with E-state index in [1.165, 1.54) is 116 Å². The second-order valence-electron chi connectivity index (χ2n) is 18.2. The van der Waals surface area contributed by atoms with Crippen LogP contribution in [-0.4, -0.2) is 37.2 Å². The zero-order valence-corrected chi connectivity index (χ0v) is 42.3. The summed E-state index contributed by atoms with van der Waals surface area (Å²) in [5.41, 5.74) is 0. The first-order chi connectivity index (χ1) is 31.5. The predicted octanol–water partition coefficient (Wildman–Crippen LogP) is 18.0. The minimum Gasteiger partial charge on any atom is -0.462 e. The van der Waals surface area contributed by atoms with Crippen molar-refractivity contribution in [2.75, 3.05) is 13.2 Å². The molecule has 6 nitrogen and oxygen atoms in total. The summed E-state index contributed by atoms with van der Waals surface area (Å²) in [6.07, 6.45) is 65.0. The van der Waals surface area contributed by atoms with Crippen molar-refractivity contribution in [2.45, 2.75) is 277 Å². The number of hydrogen-bond donors (Lipinski definition) is 0. The van der Waals surface area contributed by atoms with Crippen LogP contribution in [0.5, 0.6) is 0 Å². The third kappa shape index (κ3) is 50.1. The van der Waals surface area contributed by atoms with Gasteiger partial charge in [-0.15, -0.1) is 0 Å². The maximum atomic E-state index is 12.8. The van der Waals surface area contributed by atoms with Gasteiger partial charge in [-0.3, -0.25) is 14.4 Å². The average Bonchev–Trinajstić information content (AvgIpc) is 3.29. The zero-order valence-electron chi connectivity index (χ0n) is 42.3. The Morgan fingerprint density at radius 1 is 0.312 bits per heavy atom. The van der Waals surface area contributed by atoms with Gasteiger partial charge in [-0.2, -0.15) is 0 Å².